The average Bonchev–Trinajstić information content (AvgIpc) is 3.16. The average molecular weight is 482 g/mol. The summed E-state index contributed by atoms with van der Waals surface area (Å²) < 4.78 is 20.0. The number of benzene rings is 2. The standard InChI is InChI=1S/C26H32FN5O3/c1-26(2,3)35-25(34)18-11-6-5-10-17(18)24(33)31-20(13-9-15-29-22(28)16-27)23-30-19-12-7-8-14-21(19)32(23)4/h5-8,10-12,14,20H,9,13,15-16H2,1-4H3,(H2,28,29)(H,31,33)/t20-/m0/s1. The number of para-hydroxylation sites is 2. The number of carbonyl (C=O) groups excluding carboxylic acids is 2. The summed E-state index contributed by atoms with van der Waals surface area (Å²) >= 11 is 0. The number of esters is 1. The number of aromatic nitrogens is 2. The number of halogens is 1. The number of carbonyl (C=O) groups is 2. The molecule has 1 aromatic heterocycles. The Kier molecular flexibility index (Phi) is 8.22. The Labute approximate surface area is 204 Å². The summed E-state index contributed by atoms with van der Waals surface area (Å²) in [6, 6.07) is 13.7. The molecule has 1 amide bonds. The summed E-state index contributed by atoms with van der Waals surface area (Å²) in [6.45, 7) is 4.84. The van der Waals surface area contributed by atoms with Gasteiger partial charge >= 0.3 is 5.97 Å². The predicted octanol–water partition coefficient (Wildman–Crippen LogP) is 4.32. The quantitative estimate of drug-likeness (QED) is 0.183. The fourth-order valence-corrected chi connectivity index (χ4v) is 3.76. The SMILES string of the molecule is Cn1c([C@H](CCCNC(=N)CF)NC(=O)c2ccccc2C(=O)OC(C)(C)C)nc2ccccc21. The van der Waals surface area contributed by atoms with Gasteiger partial charge < -0.3 is 19.9 Å². The van der Waals surface area contributed by atoms with Gasteiger partial charge in [0.15, 0.2) is 0 Å². The van der Waals surface area contributed by atoms with Gasteiger partial charge in [-0.05, 0) is 57.9 Å². The number of ether oxygens (including phenoxy) is 1. The van der Waals surface area contributed by atoms with Gasteiger partial charge in [0.1, 0.15) is 23.9 Å². The maximum absolute atomic E-state index is 13.4. The van der Waals surface area contributed by atoms with Crippen LogP contribution >= 0.6 is 0 Å². The number of fused-ring (bicyclic) bond motifs is 1. The highest BCUT2D eigenvalue weighted by molar-refractivity contribution is 6.05. The number of aryl methyl sites for hydroxylation is 1. The van der Waals surface area contributed by atoms with E-state index in [1.807, 2.05) is 35.9 Å². The van der Waals surface area contributed by atoms with Gasteiger partial charge in [-0.3, -0.25) is 10.2 Å². The third kappa shape index (κ3) is 6.65. The molecule has 8 nitrogen and oxygen atoms in total. The molecule has 0 radical (unpaired) electrons. The molecule has 186 valence electrons. The number of amidine groups is 1. The van der Waals surface area contributed by atoms with E-state index in [0.717, 1.165) is 11.0 Å². The van der Waals surface area contributed by atoms with E-state index in [-0.39, 0.29) is 17.0 Å². The summed E-state index contributed by atoms with van der Waals surface area (Å²) in [5.74, 6) is -0.515. The van der Waals surface area contributed by atoms with Crippen LogP contribution in [0.3, 0.4) is 0 Å². The van der Waals surface area contributed by atoms with Crippen molar-refractivity contribution in [2.24, 2.45) is 7.05 Å². The van der Waals surface area contributed by atoms with E-state index >= 15 is 0 Å². The lowest BCUT2D eigenvalue weighted by Crippen LogP contribution is -2.33. The van der Waals surface area contributed by atoms with Crippen molar-refractivity contribution in [2.75, 3.05) is 13.2 Å². The monoisotopic (exact) mass is 481 g/mol. The van der Waals surface area contributed by atoms with Crippen LogP contribution in [0.4, 0.5) is 4.39 Å². The lowest BCUT2D eigenvalue weighted by atomic mass is 10.0. The van der Waals surface area contributed by atoms with Crippen LogP contribution in [-0.4, -0.2) is 46.1 Å². The number of hydrogen-bond donors (Lipinski definition) is 3. The molecule has 0 fully saturated rings. The number of nitrogens with one attached hydrogen (secondary N) is 3. The molecular weight excluding hydrogens is 449 g/mol. The number of rotatable bonds is 9. The molecule has 0 aliphatic rings. The Hall–Kier alpha value is -3.75. The van der Waals surface area contributed by atoms with Gasteiger partial charge in [-0.25, -0.2) is 14.2 Å². The highest BCUT2D eigenvalue weighted by Gasteiger charge is 2.26. The van der Waals surface area contributed by atoms with Crippen molar-refractivity contribution in [3.05, 3.63) is 65.5 Å². The van der Waals surface area contributed by atoms with Gasteiger partial charge in [-0.1, -0.05) is 24.3 Å². The second-order valence-corrected chi connectivity index (χ2v) is 9.27. The molecule has 3 rings (SSSR count). The lowest BCUT2D eigenvalue weighted by Gasteiger charge is -2.22. The Morgan fingerprint density at radius 2 is 1.77 bits per heavy atom. The third-order valence-corrected chi connectivity index (χ3v) is 5.37. The van der Waals surface area contributed by atoms with Gasteiger partial charge in [0.05, 0.1) is 28.2 Å². The van der Waals surface area contributed by atoms with Gasteiger partial charge in [0.2, 0.25) is 0 Å². The first-order valence-corrected chi connectivity index (χ1v) is 11.5. The zero-order valence-electron chi connectivity index (χ0n) is 20.5. The topological polar surface area (TPSA) is 109 Å². The number of alkyl halides is 1. The third-order valence-electron chi connectivity index (χ3n) is 5.37. The summed E-state index contributed by atoms with van der Waals surface area (Å²) in [7, 11) is 1.88. The van der Waals surface area contributed by atoms with Crippen molar-refractivity contribution in [3.63, 3.8) is 0 Å². The zero-order chi connectivity index (χ0) is 25.6. The summed E-state index contributed by atoms with van der Waals surface area (Å²) in [5, 5.41) is 13.2. The molecule has 3 N–H and O–H groups in total. The van der Waals surface area contributed by atoms with Crippen LogP contribution in [0.25, 0.3) is 11.0 Å². The van der Waals surface area contributed by atoms with Crippen molar-refractivity contribution < 1.29 is 18.7 Å². The Morgan fingerprint density at radius 1 is 1.11 bits per heavy atom. The minimum absolute atomic E-state index is 0.181. The smallest absolute Gasteiger partial charge is 0.339 e. The fraction of sp³-hybridized carbons (Fsp3) is 0.385. The number of nitrogens with zero attached hydrogens (tertiary/aromatic N) is 2. The van der Waals surface area contributed by atoms with E-state index in [1.54, 1.807) is 45.0 Å². The van der Waals surface area contributed by atoms with Gasteiger partial charge in [0, 0.05) is 13.6 Å². The molecule has 0 aliphatic carbocycles. The second-order valence-electron chi connectivity index (χ2n) is 9.27. The molecule has 0 unspecified atom stereocenters. The molecule has 3 aromatic rings. The molecule has 2 aromatic carbocycles. The van der Waals surface area contributed by atoms with Crippen LogP contribution < -0.4 is 10.6 Å². The van der Waals surface area contributed by atoms with Crippen LogP contribution in [0.15, 0.2) is 48.5 Å². The highest BCUT2D eigenvalue weighted by Crippen LogP contribution is 2.24. The first kappa shape index (κ1) is 25.9. The van der Waals surface area contributed by atoms with E-state index in [9.17, 15) is 14.0 Å². The zero-order valence-corrected chi connectivity index (χ0v) is 20.5. The lowest BCUT2D eigenvalue weighted by molar-refractivity contribution is 0.00674. The van der Waals surface area contributed by atoms with E-state index in [2.05, 4.69) is 10.6 Å². The van der Waals surface area contributed by atoms with Crippen molar-refractivity contribution >= 4 is 28.7 Å². The Balaban J connectivity index is 1.87. The highest BCUT2D eigenvalue weighted by atomic mass is 19.1. The minimum Gasteiger partial charge on any atom is -0.456 e. The Morgan fingerprint density at radius 3 is 2.43 bits per heavy atom. The number of amides is 1. The van der Waals surface area contributed by atoms with E-state index in [4.69, 9.17) is 15.1 Å². The molecular formula is C26H32FN5O3. The molecule has 0 saturated carbocycles. The summed E-state index contributed by atoms with van der Waals surface area (Å²) in [4.78, 5) is 30.8. The predicted molar refractivity (Wildman–Crippen MR) is 133 cm³/mol. The number of imidazole rings is 1. The largest absolute Gasteiger partial charge is 0.456 e. The molecule has 1 heterocycles. The van der Waals surface area contributed by atoms with Crippen LogP contribution in [-0.2, 0) is 11.8 Å². The van der Waals surface area contributed by atoms with E-state index < -0.39 is 30.2 Å². The molecule has 0 saturated heterocycles. The first-order chi connectivity index (χ1) is 16.6. The maximum Gasteiger partial charge on any atom is 0.339 e. The van der Waals surface area contributed by atoms with Crippen LogP contribution in [0.2, 0.25) is 0 Å². The molecule has 0 aliphatic heterocycles. The van der Waals surface area contributed by atoms with Crippen LogP contribution in [0.1, 0.15) is 66.2 Å². The van der Waals surface area contributed by atoms with Gasteiger partial charge in [0.25, 0.3) is 5.91 Å². The maximum atomic E-state index is 13.4. The molecule has 0 bridgehead atoms. The van der Waals surface area contributed by atoms with Gasteiger partial charge in [-0.2, -0.15) is 0 Å². The van der Waals surface area contributed by atoms with Crippen LogP contribution in [0.5, 0.6) is 0 Å². The van der Waals surface area contributed by atoms with E-state index in [0.29, 0.717) is 25.2 Å². The summed E-state index contributed by atoms with van der Waals surface area (Å²) in [6.07, 6.45) is 1.05. The van der Waals surface area contributed by atoms with Crippen molar-refractivity contribution in [3.8, 4) is 0 Å². The fourth-order valence-electron chi connectivity index (χ4n) is 3.76. The van der Waals surface area contributed by atoms with Crippen molar-refractivity contribution in [2.45, 2.75) is 45.3 Å². The Bertz CT molecular complexity index is 1220. The molecule has 35 heavy (non-hydrogen) atoms. The first-order valence-electron chi connectivity index (χ1n) is 11.5. The molecule has 0 spiro atoms. The number of hydrogen-bond acceptors (Lipinski definition) is 5. The molecule has 9 heteroatoms. The van der Waals surface area contributed by atoms with Gasteiger partial charge in [-0.15, -0.1) is 0 Å². The second kappa shape index (κ2) is 11.1. The normalized spacial score (nSPS) is 12.3. The van der Waals surface area contributed by atoms with Crippen LogP contribution in [0, 0.1) is 5.41 Å². The molecule has 1 atom stereocenters. The van der Waals surface area contributed by atoms with Crippen molar-refractivity contribution in [1.82, 2.24) is 20.2 Å². The minimum atomic E-state index is -0.855. The van der Waals surface area contributed by atoms with E-state index in [1.165, 1.54) is 0 Å². The van der Waals surface area contributed by atoms with Crippen molar-refractivity contribution in [1.29, 1.82) is 5.41 Å². The summed E-state index contributed by atoms with van der Waals surface area (Å²) in [5.41, 5.74) is 1.42.